The van der Waals surface area contributed by atoms with Gasteiger partial charge in [-0.2, -0.15) is 0 Å². The molecule has 28 heavy (non-hydrogen) atoms. The summed E-state index contributed by atoms with van der Waals surface area (Å²) < 4.78 is 0. The van der Waals surface area contributed by atoms with Crippen molar-refractivity contribution in [3.8, 4) is 0 Å². The van der Waals surface area contributed by atoms with Crippen LogP contribution in [0.1, 0.15) is 12.5 Å². The summed E-state index contributed by atoms with van der Waals surface area (Å²) in [4.78, 5) is 0. The molecule has 0 saturated carbocycles. The molecule has 6 aromatic carbocycles. The van der Waals surface area contributed by atoms with E-state index in [2.05, 4.69) is 97.9 Å². The van der Waals surface area contributed by atoms with Crippen LogP contribution in [0.4, 0.5) is 0 Å². The van der Waals surface area contributed by atoms with Crippen molar-refractivity contribution in [2.75, 3.05) is 0 Å². The second kappa shape index (κ2) is 5.81. The van der Waals surface area contributed by atoms with E-state index in [1.807, 2.05) is 0 Å². The second-order valence-electron chi connectivity index (χ2n) is 7.75. The van der Waals surface area contributed by atoms with Gasteiger partial charge in [0.25, 0.3) is 0 Å². The highest BCUT2D eigenvalue weighted by Crippen LogP contribution is 2.34. The number of aryl methyl sites for hydroxylation is 1. The molecule has 0 N–H and O–H groups in total. The molecule has 0 heterocycles. The van der Waals surface area contributed by atoms with E-state index in [9.17, 15) is 0 Å². The van der Waals surface area contributed by atoms with Gasteiger partial charge in [0, 0.05) is 0 Å². The minimum Gasteiger partial charge on any atom is -0.0616 e. The van der Waals surface area contributed by atoms with E-state index in [0.29, 0.717) is 0 Å². The van der Waals surface area contributed by atoms with Gasteiger partial charge in [-0.05, 0) is 102 Å². The van der Waals surface area contributed by atoms with Gasteiger partial charge >= 0.3 is 0 Å². The molecular formula is C28H20. The Morgan fingerprint density at radius 3 is 1.68 bits per heavy atom. The zero-order valence-electron chi connectivity index (χ0n) is 15.9. The highest BCUT2D eigenvalue weighted by atomic mass is 14.1. The molecule has 0 aliphatic carbocycles. The molecule has 0 nitrogen and oxygen atoms in total. The maximum absolute atomic E-state index is 2.40. The highest BCUT2D eigenvalue weighted by molar-refractivity contribution is 6.16. The van der Waals surface area contributed by atoms with Gasteiger partial charge in [-0.3, -0.25) is 0 Å². The van der Waals surface area contributed by atoms with E-state index in [1.54, 1.807) is 0 Å². The number of fused-ring (bicyclic) bond motifs is 6. The molecule has 0 unspecified atom stereocenters. The number of rotatable bonds is 1. The third-order valence-electron chi connectivity index (χ3n) is 6.13. The van der Waals surface area contributed by atoms with E-state index < -0.39 is 0 Å². The predicted molar refractivity (Wildman–Crippen MR) is 123 cm³/mol. The molecule has 0 bridgehead atoms. The average molecular weight is 356 g/mol. The molecule has 132 valence electrons. The van der Waals surface area contributed by atoms with Gasteiger partial charge in [-0.1, -0.05) is 61.5 Å². The first-order valence-electron chi connectivity index (χ1n) is 10.0. The van der Waals surface area contributed by atoms with Crippen LogP contribution in [0.5, 0.6) is 0 Å². The summed E-state index contributed by atoms with van der Waals surface area (Å²) in [6, 6.07) is 33.9. The molecule has 0 aliphatic rings. The molecular weight excluding hydrogens is 336 g/mol. The van der Waals surface area contributed by atoms with Gasteiger partial charge in [-0.15, -0.1) is 0 Å². The lowest BCUT2D eigenvalue weighted by molar-refractivity contribution is 1.16. The van der Waals surface area contributed by atoms with Gasteiger partial charge in [0.1, 0.15) is 0 Å². The van der Waals surface area contributed by atoms with Crippen molar-refractivity contribution in [1.82, 2.24) is 0 Å². The first-order chi connectivity index (χ1) is 13.8. The van der Waals surface area contributed by atoms with Gasteiger partial charge in [-0.25, -0.2) is 0 Å². The Hall–Kier alpha value is -3.38. The fourth-order valence-corrected chi connectivity index (χ4v) is 4.65. The quantitative estimate of drug-likeness (QED) is 0.207. The van der Waals surface area contributed by atoms with Crippen LogP contribution in [0.15, 0.2) is 91.0 Å². The zero-order chi connectivity index (χ0) is 18.7. The van der Waals surface area contributed by atoms with Gasteiger partial charge < -0.3 is 0 Å². The third-order valence-corrected chi connectivity index (χ3v) is 6.13. The first-order valence-corrected chi connectivity index (χ1v) is 10.0. The van der Waals surface area contributed by atoms with Crippen molar-refractivity contribution < 1.29 is 0 Å². The molecule has 0 aromatic heterocycles. The van der Waals surface area contributed by atoms with Crippen LogP contribution >= 0.6 is 0 Å². The fourth-order valence-electron chi connectivity index (χ4n) is 4.65. The Morgan fingerprint density at radius 1 is 0.429 bits per heavy atom. The van der Waals surface area contributed by atoms with Gasteiger partial charge in [0.05, 0.1) is 0 Å². The molecule has 0 radical (unpaired) electrons. The lowest BCUT2D eigenvalue weighted by Crippen LogP contribution is -1.86. The number of hydrogen-bond donors (Lipinski definition) is 0. The Balaban J connectivity index is 1.76. The SMILES string of the molecule is CCc1cccc2cc3ccc4cc5cc6ccccc6cc5cc4c3cc12. The van der Waals surface area contributed by atoms with Crippen LogP contribution in [-0.4, -0.2) is 0 Å². The zero-order valence-corrected chi connectivity index (χ0v) is 15.9. The summed E-state index contributed by atoms with van der Waals surface area (Å²) in [6.45, 7) is 2.24. The monoisotopic (exact) mass is 356 g/mol. The van der Waals surface area contributed by atoms with Crippen LogP contribution < -0.4 is 0 Å². The topological polar surface area (TPSA) is 0 Å². The normalized spacial score (nSPS) is 11.9. The lowest BCUT2D eigenvalue weighted by Gasteiger charge is -2.11. The molecule has 6 rings (SSSR count). The van der Waals surface area contributed by atoms with Gasteiger partial charge in [0.15, 0.2) is 0 Å². The van der Waals surface area contributed by atoms with Crippen LogP contribution in [0.2, 0.25) is 0 Å². The molecule has 0 atom stereocenters. The van der Waals surface area contributed by atoms with E-state index in [0.717, 1.165) is 6.42 Å². The summed E-state index contributed by atoms with van der Waals surface area (Å²) in [5.41, 5.74) is 1.42. The van der Waals surface area contributed by atoms with E-state index in [-0.39, 0.29) is 0 Å². The third kappa shape index (κ3) is 2.25. The molecule has 0 aliphatic heterocycles. The first kappa shape index (κ1) is 15.7. The van der Waals surface area contributed by atoms with Crippen LogP contribution in [-0.2, 0) is 6.42 Å². The van der Waals surface area contributed by atoms with Crippen molar-refractivity contribution >= 4 is 53.9 Å². The summed E-state index contributed by atoms with van der Waals surface area (Å²) in [5.74, 6) is 0. The van der Waals surface area contributed by atoms with Crippen molar-refractivity contribution in [3.63, 3.8) is 0 Å². The van der Waals surface area contributed by atoms with Crippen LogP contribution in [0.3, 0.4) is 0 Å². The summed E-state index contributed by atoms with van der Waals surface area (Å²) in [6.07, 6.45) is 1.06. The van der Waals surface area contributed by atoms with Gasteiger partial charge in [0.2, 0.25) is 0 Å². The molecule has 0 fully saturated rings. The lowest BCUT2D eigenvalue weighted by atomic mass is 9.93. The van der Waals surface area contributed by atoms with Crippen molar-refractivity contribution in [1.29, 1.82) is 0 Å². The summed E-state index contributed by atoms with van der Waals surface area (Å²) >= 11 is 0. The van der Waals surface area contributed by atoms with Crippen molar-refractivity contribution in [2.45, 2.75) is 13.3 Å². The highest BCUT2D eigenvalue weighted by Gasteiger charge is 2.07. The largest absolute Gasteiger partial charge is 0.0616 e. The molecule has 0 heteroatoms. The number of benzene rings is 6. The van der Waals surface area contributed by atoms with Crippen LogP contribution in [0, 0.1) is 0 Å². The van der Waals surface area contributed by atoms with Crippen LogP contribution in [0.25, 0.3) is 53.9 Å². The Kier molecular flexibility index (Phi) is 3.25. The van der Waals surface area contributed by atoms with E-state index >= 15 is 0 Å². The Morgan fingerprint density at radius 2 is 0.964 bits per heavy atom. The maximum atomic E-state index is 2.40. The maximum Gasteiger partial charge on any atom is -0.00987 e. The molecule has 0 saturated heterocycles. The molecule has 6 aromatic rings. The van der Waals surface area contributed by atoms with Crippen molar-refractivity contribution in [2.24, 2.45) is 0 Å². The molecule has 0 amide bonds. The standard InChI is InChI=1S/C28H20/c1-2-18-8-5-9-21-14-22-10-11-23-15-24-12-19-6-3-4-7-20(19)13-25(24)16-27(23)28(22)17-26(18)21/h3-17H,2H2,1H3. The predicted octanol–water partition coefficient (Wildman–Crippen LogP) is 8.02. The average Bonchev–Trinajstić information content (AvgIpc) is 2.74. The Bertz CT molecular complexity index is 1540. The Labute approximate surface area is 164 Å². The second-order valence-corrected chi connectivity index (χ2v) is 7.75. The summed E-state index contributed by atoms with van der Waals surface area (Å²) in [7, 11) is 0. The van der Waals surface area contributed by atoms with Crippen molar-refractivity contribution in [3.05, 3.63) is 96.6 Å². The molecule has 0 spiro atoms. The van der Waals surface area contributed by atoms with E-state index in [4.69, 9.17) is 0 Å². The fraction of sp³-hybridized carbons (Fsp3) is 0.0714. The van der Waals surface area contributed by atoms with E-state index in [1.165, 1.54) is 59.4 Å². The number of hydrogen-bond acceptors (Lipinski definition) is 0. The minimum atomic E-state index is 1.06. The minimum absolute atomic E-state index is 1.06. The smallest absolute Gasteiger partial charge is 0.00987 e. The summed E-state index contributed by atoms with van der Waals surface area (Å²) in [5, 5.41) is 13.2.